The number of piperidine rings is 1. The lowest BCUT2D eigenvalue weighted by Gasteiger charge is -2.34. The van der Waals surface area contributed by atoms with Gasteiger partial charge in [0.05, 0.1) is 18.1 Å². The maximum absolute atomic E-state index is 13.2. The molecule has 2 aromatic carbocycles. The van der Waals surface area contributed by atoms with Crippen molar-refractivity contribution in [2.24, 2.45) is 11.8 Å². The van der Waals surface area contributed by atoms with E-state index in [9.17, 15) is 14.7 Å². The number of rotatable bonds is 6. The zero-order valence-corrected chi connectivity index (χ0v) is 17.7. The smallest absolute Gasteiger partial charge is 0.410 e. The Kier molecular flexibility index (Phi) is 4.97. The van der Waals surface area contributed by atoms with Gasteiger partial charge in [0.15, 0.2) is 0 Å². The van der Waals surface area contributed by atoms with Crippen molar-refractivity contribution in [1.82, 2.24) is 4.90 Å². The number of hydrogen-bond donors (Lipinski definition) is 1. The van der Waals surface area contributed by atoms with Gasteiger partial charge in [-0.15, -0.1) is 0 Å². The van der Waals surface area contributed by atoms with Crippen LogP contribution in [0.3, 0.4) is 0 Å². The second-order valence-electron chi connectivity index (χ2n) is 8.90. The molecule has 3 aliphatic rings. The fourth-order valence-electron chi connectivity index (χ4n) is 5.56. The number of likely N-dealkylation sites (tertiary alicyclic amines) is 1. The largest absolute Gasteiger partial charge is 0.481 e. The van der Waals surface area contributed by atoms with E-state index in [1.54, 1.807) is 11.8 Å². The summed E-state index contributed by atoms with van der Waals surface area (Å²) in [6.07, 6.45) is 0.811. The average molecular weight is 421 g/mol. The minimum Gasteiger partial charge on any atom is -0.481 e. The Morgan fingerprint density at radius 3 is 2.26 bits per heavy atom. The summed E-state index contributed by atoms with van der Waals surface area (Å²) in [5.74, 6) is -1.19. The number of hydrogen-bond acceptors (Lipinski definition) is 4. The van der Waals surface area contributed by atoms with Gasteiger partial charge in [-0.25, -0.2) is 4.79 Å². The van der Waals surface area contributed by atoms with Crippen LogP contribution in [0, 0.1) is 11.8 Å². The van der Waals surface area contributed by atoms with Crippen molar-refractivity contribution in [3.05, 3.63) is 59.7 Å². The van der Waals surface area contributed by atoms with Crippen molar-refractivity contribution in [1.29, 1.82) is 0 Å². The zero-order valence-electron chi connectivity index (χ0n) is 17.7. The van der Waals surface area contributed by atoms with Gasteiger partial charge in [0.1, 0.15) is 6.61 Å². The average Bonchev–Trinajstić information content (AvgIpc) is 3.32. The molecule has 0 aromatic heterocycles. The molecule has 0 unspecified atom stereocenters. The van der Waals surface area contributed by atoms with E-state index in [0.717, 1.165) is 12.8 Å². The molecule has 0 spiro atoms. The van der Waals surface area contributed by atoms with E-state index in [-0.39, 0.29) is 30.7 Å². The van der Waals surface area contributed by atoms with Crippen LogP contribution in [0.5, 0.6) is 0 Å². The van der Waals surface area contributed by atoms with Crippen molar-refractivity contribution in [3.8, 4) is 11.1 Å². The minimum absolute atomic E-state index is 0.00330. The van der Waals surface area contributed by atoms with Crippen molar-refractivity contribution in [2.75, 3.05) is 13.7 Å². The lowest BCUT2D eigenvalue weighted by Crippen LogP contribution is -2.49. The van der Waals surface area contributed by atoms with Crippen molar-refractivity contribution >= 4 is 12.1 Å². The van der Waals surface area contributed by atoms with Gasteiger partial charge in [0.2, 0.25) is 0 Å². The summed E-state index contributed by atoms with van der Waals surface area (Å²) in [5, 5.41) is 9.46. The molecule has 6 nitrogen and oxygen atoms in total. The molecule has 2 aliphatic carbocycles. The first-order valence-electron chi connectivity index (χ1n) is 10.9. The van der Waals surface area contributed by atoms with Crippen LogP contribution >= 0.6 is 0 Å². The Hall–Kier alpha value is -2.86. The first-order valence-corrected chi connectivity index (χ1v) is 10.9. The highest BCUT2D eigenvalue weighted by Crippen LogP contribution is 2.50. The SMILES string of the molecule is CO[C@H]([C@@H](C)C(=O)O)[C@@H]1C[C@@H]2C[C@@H]2N1C(=O)OCC1c2ccccc2-c2ccccc21. The van der Waals surface area contributed by atoms with E-state index >= 15 is 0 Å². The van der Waals surface area contributed by atoms with E-state index in [0.29, 0.717) is 5.92 Å². The molecule has 6 heteroatoms. The Balaban J connectivity index is 1.34. The molecule has 1 aliphatic heterocycles. The number of benzene rings is 2. The molecule has 5 atom stereocenters. The number of carboxylic acid groups (broad SMARTS) is 1. The van der Waals surface area contributed by atoms with E-state index in [2.05, 4.69) is 24.3 Å². The molecule has 5 rings (SSSR count). The fraction of sp³-hybridized carbons (Fsp3) is 0.440. The highest BCUT2D eigenvalue weighted by Gasteiger charge is 2.57. The quantitative estimate of drug-likeness (QED) is 0.759. The number of aliphatic carboxylic acids is 1. The monoisotopic (exact) mass is 421 g/mol. The van der Waals surface area contributed by atoms with Gasteiger partial charge < -0.3 is 14.6 Å². The van der Waals surface area contributed by atoms with Crippen LogP contribution in [-0.2, 0) is 14.3 Å². The number of carbonyl (C=O) groups is 2. The molecule has 1 heterocycles. The van der Waals surface area contributed by atoms with Gasteiger partial charge in [0.25, 0.3) is 0 Å². The summed E-state index contributed by atoms with van der Waals surface area (Å²) in [4.78, 5) is 26.5. The Labute approximate surface area is 181 Å². The number of amides is 1. The molecule has 31 heavy (non-hydrogen) atoms. The summed E-state index contributed by atoms with van der Waals surface area (Å²) in [6.45, 7) is 1.90. The maximum Gasteiger partial charge on any atom is 0.410 e. The van der Waals surface area contributed by atoms with Crippen LogP contribution in [0.2, 0.25) is 0 Å². The topological polar surface area (TPSA) is 76.1 Å². The molecular weight excluding hydrogens is 394 g/mol. The first kappa shape index (κ1) is 20.1. The van der Waals surface area contributed by atoms with E-state index in [1.807, 2.05) is 24.3 Å². The second kappa shape index (κ2) is 7.68. The van der Waals surface area contributed by atoms with Crippen LogP contribution in [0.4, 0.5) is 4.79 Å². The predicted molar refractivity (Wildman–Crippen MR) is 115 cm³/mol. The minimum atomic E-state index is -0.917. The first-order chi connectivity index (χ1) is 15.0. The molecule has 1 N–H and O–H groups in total. The van der Waals surface area contributed by atoms with Crippen molar-refractivity contribution < 1.29 is 24.2 Å². The van der Waals surface area contributed by atoms with Crippen LogP contribution < -0.4 is 0 Å². The van der Waals surface area contributed by atoms with E-state index in [1.165, 1.54) is 29.4 Å². The molecule has 1 saturated carbocycles. The lowest BCUT2D eigenvalue weighted by molar-refractivity contribution is -0.147. The normalized spacial score (nSPS) is 25.4. The lowest BCUT2D eigenvalue weighted by atomic mass is 9.94. The van der Waals surface area contributed by atoms with Crippen LogP contribution in [0.1, 0.15) is 36.8 Å². The highest BCUT2D eigenvalue weighted by atomic mass is 16.6. The molecule has 1 amide bonds. The Bertz CT molecular complexity index is 975. The van der Waals surface area contributed by atoms with E-state index in [4.69, 9.17) is 9.47 Å². The Morgan fingerprint density at radius 2 is 1.68 bits per heavy atom. The third-order valence-corrected chi connectivity index (χ3v) is 7.22. The third kappa shape index (κ3) is 3.30. The fourth-order valence-corrected chi connectivity index (χ4v) is 5.56. The van der Waals surface area contributed by atoms with Crippen LogP contribution in [0.15, 0.2) is 48.5 Å². The standard InChI is InChI=1S/C25H27NO5/c1-14(24(27)28)23(30-2)22-12-15-11-21(15)26(22)25(29)31-13-20-18-9-5-3-7-16(18)17-8-4-6-10-19(17)20/h3-10,14-15,20-23H,11-13H2,1-2H3,(H,27,28)/t14-,15+,21+,22+,23-/m1/s1. The summed E-state index contributed by atoms with van der Waals surface area (Å²) in [5.41, 5.74) is 4.73. The predicted octanol–water partition coefficient (Wildman–Crippen LogP) is 4.13. The van der Waals surface area contributed by atoms with Crippen molar-refractivity contribution in [2.45, 2.75) is 43.9 Å². The summed E-state index contributed by atoms with van der Waals surface area (Å²) in [6, 6.07) is 16.4. The summed E-state index contributed by atoms with van der Waals surface area (Å²) < 4.78 is 11.4. The Morgan fingerprint density at radius 1 is 1.06 bits per heavy atom. The third-order valence-electron chi connectivity index (χ3n) is 7.22. The molecule has 2 aromatic rings. The second-order valence-corrected chi connectivity index (χ2v) is 8.90. The number of nitrogens with zero attached hydrogens (tertiary/aromatic N) is 1. The van der Waals surface area contributed by atoms with Crippen molar-refractivity contribution in [3.63, 3.8) is 0 Å². The van der Waals surface area contributed by atoms with Gasteiger partial charge >= 0.3 is 12.1 Å². The number of fused-ring (bicyclic) bond motifs is 4. The van der Waals surface area contributed by atoms with Gasteiger partial charge in [-0.3, -0.25) is 9.69 Å². The van der Waals surface area contributed by atoms with E-state index < -0.39 is 18.0 Å². The molecule has 0 radical (unpaired) electrons. The van der Waals surface area contributed by atoms with Gasteiger partial charge in [-0.2, -0.15) is 0 Å². The van der Waals surface area contributed by atoms with Gasteiger partial charge in [-0.1, -0.05) is 48.5 Å². The number of carbonyl (C=O) groups excluding carboxylic acids is 1. The number of ether oxygens (including phenoxy) is 2. The molecule has 1 saturated heterocycles. The van der Waals surface area contributed by atoms with Gasteiger partial charge in [0, 0.05) is 19.1 Å². The molecule has 0 bridgehead atoms. The highest BCUT2D eigenvalue weighted by molar-refractivity contribution is 5.79. The maximum atomic E-state index is 13.2. The number of methoxy groups -OCH3 is 1. The van der Waals surface area contributed by atoms with Gasteiger partial charge in [-0.05, 0) is 47.9 Å². The van der Waals surface area contributed by atoms with Crippen LogP contribution in [0.25, 0.3) is 11.1 Å². The molecular formula is C25H27NO5. The molecule has 162 valence electrons. The summed E-state index contributed by atoms with van der Waals surface area (Å²) in [7, 11) is 1.52. The van der Waals surface area contributed by atoms with Crippen LogP contribution in [-0.4, -0.2) is 54.0 Å². The molecule has 2 fully saturated rings. The zero-order chi connectivity index (χ0) is 21.7. The summed E-state index contributed by atoms with van der Waals surface area (Å²) >= 11 is 0. The number of carboxylic acids is 1.